The average Bonchev–Trinajstić information content (AvgIpc) is 3.07. The summed E-state index contributed by atoms with van der Waals surface area (Å²) in [5, 5.41) is 0.592. The van der Waals surface area contributed by atoms with E-state index < -0.39 is 11.7 Å². The maximum Gasteiger partial charge on any atom is 0.416 e. The van der Waals surface area contributed by atoms with Gasteiger partial charge in [-0.25, -0.2) is 0 Å². The highest BCUT2D eigenvalue weighted by Gasteiger charge is 2.30. The molecule has 3 nitrogen and oxygen atoms in total. The zero-order chi connectivity index (χ0) is 18.7. The molecule has 1 aliphatic rings. The SMILES string of the molecule is O=C(c1cccc(Br)c1)N1CCN=C1SCc1ccc(C(F)(F)F)cc1. The number of rotatable bonds is 3. The molecule has 0 aromatic heterocycles. The zero-order valence-corrected chi connectivity index (χ0v) is 15.9. The van der Waals surface area contributed by atoms with Crippen molar-refractivity contribution in [1.29, 1.82) is 0 Å². The van der Waals surface area contributed by atoms with Crippen molar-refractivity contribution in [2.45, 2.75) is 11.9 Å². The van der Waals surface area contributed by atoms with E-state index in [0.717, 1.165) is 22.2 Å². The highest BCUT2D eigenvalue weighted by atomic mass is 79.9. The van der Waals surface area contributed by atoms with Gasteiger partial charge in [0.1, 0.15) is 0 Å². The molecule has 0 radical (unpaired) electrons. The van der Waals surface area contributed by atoms with Crippen molar-refractivity contribution in [2.24, 2.45) is 4.99 Å². The summed E-state index contributed by atoms with van der Waals surface area (Å²) < 4.78 is 38.6. The molecule has 2 aromatic rings. The van der Waals surface area contributed by atoms with E-state index in [0.29, 0.717) is 29.6 Å². The smallest absolute Gasteiger partial charge is 0.286 e. The van der Waals surface area contributed by atoms with E-state index in [4.69, 9.17) is 0 Å². The first kappa shape index (κ1) is 19.0. The Kier molecular flexibility index (Phi) is 5.72. The zero-order valence-electron chi connectivity index (χ0n) is 13.5. The number of amides is 1. The van der Waals surface area contributed by atoms with E-state index in [1.54, 1.807) is 23.1 Å². The van der Waals surface area contributed by atoms with E-state index in [1.165, 1.54) is 23.9 Å². The summed E-state index contributed by atoms with van der Waals surface area (Å²) in [6.07, 6.45) is -4.34. The lowest BCUT2D eigenvalue weighted by molar-refractivity contribution is -0.137. The van der Waals surface area contributed by atoms with Crippen LogP contribution in [0.3, 0.4) is 0 Å². The maximum atomic E-state index is 12.7. The number of aliphatic imine (C=N–C) groups is 1. The second-order valence-corrected chi connectivity index (χ2v) is 7.47. The van der Waals surface area contributed by atoms with Crippen LogP contribution in [0.2, 0.25) is 0 Å². The quantitative estimate of drug-likeness (QED) is 0.653. The second-order valence-electron chi connectivity index (χ2n) is 5.61. The number of thioether (sulfide) groups is 1. The Balaban J connectivity index is 1.65. The van der Waals surface area contributed by atoms with Crippen molar-refractivity contribution < 1.29 is 18.0 Å². The Labute approximate surface area is 161 Å². The molecule has 0 saturated heterocycles. The predicted molar refractivity (Wildman–Crippen MR) is 100 cm³/mol. The van der Waals surface area contributed by atoms with Gasteiger partial charge in [-0.3, -0.25) is 14.7 Å². The normalized spacial score (nSPS) is 14.5. The summed E-state index contributed by atoms with van der Waals surface area (Å²) >= 11 is 4.70. The fraction of sp³-hybridized carbons (Fsp3) is 0.222. The van der Waals surface area contributed by atoms with E-state index in [2.05, 4.69) is 20.9 Å². The molecule has 1 heterocycles. The van der Waals surface area contributed by atoms with Crippen LogP contribution in [-0.2, 0) is 11.9 Å². The van der Waals surface area contributed by atoms with Gasteiger partial charge in [0, 0.05) is 22.3 Å². The van der Waals surface area contributed by atoms with Gasteiger partial charge in [-0.05, 0) is 35.9 Å². The molecule has 2 aromatic carbocycles. The van der Waals surface area contributed by atoms with Crippen LogP contribution in [0.15, 0.2) is 58.0 Å². The average molecular weight is 443 g/mol. The lowest BCUT2D eigenvalue weighted by Gasteiger charge is -2.18. The number of carbonyl (C=O) groups is 1. The van der Waals surface area contributed by atoms with Crippen LogP contribution in [0, 0.1) is 0 Å². The summed E-state index contributed by atoms with van der Waals surface area (Å²) in [5.41, 5.74) is 0.632. The summed E-state index contributed by atoms with van der Waals surface area (Å²) in [7, 11) is 0. The van der Waals surface area contributed by atoms with Gasteiger partial charge in [0.2, 0.25) is 0 Å². The van der Waals surface area contributed by atoms with Crippen LogP contribution in [0.25, 0.3) is 0 Å². The van der Waals surface area contributed by atoms with Crippen molar-refractivity contribution in [3.63, 3.8) is 0 Å². The molecule has 0 bridgehead atoms. The van der Waals surface area contributed by atoms with Crippen molar-refractivity contribution in [3.8, 4) is 0 Å². The standard InChI is InChI=1S/C18H14BrF3N2OS/c19-15-3-1-2-13(10-15)16(25)24-9-8-23-17(24)26-11-12-4-6-14(7-5-12)18(20,21)22/h1-7,10H,8-9,11H2. The maximum absolute atomic E-state index is 12.7. The lowest BCUT2D eigenvalue weighted by Crippen LogP contribution is -2.32. The summed E-state index contributed by atoms with van der Waals surface area (Å²) in [5.74, 6) is 0.307. The molecule has 136 valence electrons. The third-order valence-electron chi connectivity index (χ3n) is 3.77. The number of hydrogen-bond donors (Lipinski definition) is 0. The topological polar surface area (TPSA) is 32.7 Å². The predicted octanol–water partition coefficient (Wildman–Crippen LogP) is 5.21. The van der Waals surface area contributed by atoms with Crippen molar-refractivity contribution in [2.75, 3.05) is 13.1 Å². The van der Waals surface area contributed by atoms with Crippen molar-refractivity contribution >= 4 is 38.8 Å². The molecule has 0 atom stereocenters. The molecular formula is C18H14BrF3N2OS. The monoisotopic (exact) mass is 442 g/mol. The molecule has 0 fully saturated rings. The molecule has 26 heavy (non-hydrogen) atoms. The fourth-order valence-corrected chi connectivity index (χ4v) is 3.85. The first-order valence-corrected chi connectivity index (χ1v) is 9.53. The third-order valence-corrected chi connectivity index (χ3v) is 5.35. The van der Waals surface area contributed by atoms with Crippen molar-refractivity contribution in [3.05, 3.63) is 69.7 Å². The van der Waals surface area contributed by atoms with Crippen LogP contribution in [0.5, 0.6) is 0 Å². The van der Waals surface area contributed by atoms with Gasteiger partial charge < -0.3 is 0 Å². The number of nitrogens with zero attached hydrogens (tertiary/aromatic N) is 2. The van der Waals surface area contributed by atoms with E-state index in [1.807, 2.05) is 6.07 Å². The molecule has 3 rings (SSSR count). The number of amidine groups is 1. The van der Waals surface area contributed by atoms with E-state index in [9.17, 15) is 18.0 Å². The van der Waals surface area contributed by atoms with Gasteiger partial charge in [0.15, 0.2) is 5.17 Å². The first-order valence-electron chi connectivity index (χ1n) is 7.75. The molecule has 0 saturated carbocycles. The van der Waals surface area contributed by atoms with Gasteiger partial charge in [0.25, 0.3) is 5.91 Å². The molecule has 1 amide bonds. The second kappa shape index (κ2) is 7.84. The van der Waals surface area contributed by atoms with E-state index >= 15 is 0 Å². The van der Waals surface area contributed by atoms with Gasteiger partial charge in [-0.15, -0.1) is 0 Å². The number of hydrogen-bond acceptors (Lipinski definition) is 3. The van der Waals surface area contributed by atoms with Crippen LogP contribution in [-0.4, -0.2) is 29.1 Å². The number of halogens is 4. The van der Waals surface area contributed by atoms with Gasteiger partial charge in [0.05, 0.1) is 12.1 Å². The first-order chi connectivity index (χ1) is 12.3. The number of alkyl halides is 3. The van der Waals surface area contributed by atoms with Gasteiger partial charge in [-0.1, -0.05) is 45.9 Å². The Morgan fingerprint density at radius 1 is 1.19 bits per heavy atom. The highest BCUT2D eigenvalue weighted by molar-refractivity contribution is 9.10. The minimum Gasteiger partial charge on any atom is -0.286 e. The van der Waals surface area contributed by atoms with Crippen molar-refractivity contribution in [1.82, 2.24) is 4.90 Å². The van der Waals surface area contributed by atoms with E-state index in [-0.39, 0.29) is 5.91 Å². The summed E-state index contributed by atoms with van der Waals surface area (Å²) in [4.78, 5) is 18.6. The van der Waals surface area contributed by atoms with Gasteiger partial charge >= 0.3 is 6.18 Å². The molecule has 0 aliphatic carbocycles. The molecule has 1 aliphatic heterocycles. The van der Waals surface area contributed by atoms with Gasteiger partial charge in [-0.2, -0.15) is 13.2 Å². The fourth-order valence-electron chi connectivity index (χ4n) is 2.45. The lowest BCUT2D eigenvalue weighted by atomic mass is 10.1. The largest absolute Gasteiger partial charge is 0.416 e. The molecular weight excluding hydrogens is 429 g/mol. The number of benzene rings is 2. The van der Waals surface area contributed by atoms with Crippen LogP contribution in [0.4, 0.5) is 13.2 Å². The molecule has 8 heteroatoms. The summed E-state index contributed by atoms with van der Waals surface area (Å²) in [6, 6.07) is 12.2. The Morgan fingerprint density at radius 2 is 1.92 bits per heavy atom. The number of carbonyl (C=O) groups excluding carboxylic acids is 1. The Hall–Kier alpha value is -1.80. The Morgan fingerprint density at radius 3 is 2.58 bits per heavy atom. The van der Waals surface area contributed by atoms with Crippen LogP contribution >= 0.6 is 27.7 Å². The third kappa shape index (κ3) is 4.48. The minimum absolute atomic E-state index is 0.137. The highest BCUT2D eigenvalue weighted by Crippen LogP contribution is 2.30. The Bertz CT molecular complexity index is 837. The molecule has 0 spiro atoms. The summed E-state index contributed by atoms with van der Waals surface area (Å²) in [6.45, 7) is 1.02. The molecule has 0 N–H and O–H groups in total. The molecule has 0 unspecified atom stereocenters. The van der Waals surface area contributed by atoms with Crippen LogP contribution in [0.1, 0.15) is 21.5 Å². The van der Waals surface area contributed by atoms with Crippen LogP contribution < -0.4 is 0 Å². The minimum atomic E-state index is -4.34.